The lowest BCUT2D eigenvalue weighted by atomic mass is 9.55. The Labute approximate surface area is 175 Å². The molecule has 1 aromatic carbocycles. The Morgan fingerprint density at radius 1 is 1.07 bits per heavy atom. The van der Waals surface area contributed by atoms with Crippen molar-refractivity contribution in [1.82, 2.24) is 9.21 Å². The van der Waals surface area contributed by atoms with E-state index in [0.717, 1.165) is 19.6 Å². The van der Waals surface area contributed by atoms with Crippen LogP contribution in [0.15, 0.2) is 29.2 Å². The van der Waals surface area contributed by atoms with E-state index in [1.807, 2.05) is 0 Å². The van der Waals surface area contributed by atoms with E-state index in [1.54, 1.807) is 28.6 Å². The topological polar surface area (TPSA) is 40.6 Å². The average Bonchev–Trinajstić information content (AvgIpc) is 2.67. The molecular weight excluding hydrogens is 392 g/mol. The fourth-order valence-electron chi connectivity index (χ4n) is 6.00. The molecule has 1 aliphatic carbocycles. The first-order valence-corrected chi connectivity index (χ1v) is 12.8. The maximum atomic E-state index is 13.3. The Hall–Kier alpha value is -0.620. The fraction of sp³-hybridized carbons (Fsp3) is 0.727. The molecule has 2 unspecified atom stereocenters. The normalized spacial score (nSPS) is 28.5. The summed E-state index contributed by atoms with van der Waals surface area (Å²) in [5.41, 5.74) is 0.362. The molecule has 1 saturated carbocycles. The van der Waals surface area contributed by atoms with E-state index in [9.17, 15) is 8.42 Å². The molecule has 2 heterocycles. The Bertz CT molecular complexity index is 773. The molecule has 1 spiro atoms. The first kappa shape index (κ1) is 20.6. The van der Waals surface area contributed by atoms with Crippen molar-refractivity contribution in [3.63, 3.8) is 0 Å². The van der Waals surface area contributed by atoms with E-state index in [2.05, 4.69) is 11.8 Å². The summed E-state index contributed by atoms with van der Waals surface area (Å²) in [4.78, 5) is 2.95. The lowest BCUT2D eigenvalue weighted by Gasteiger charge is -2.59. The summed E-state index contributed by atoms with van der Waals surface area (Å²) in [7, 11) is -3.49. The number of benzene rings is 1. The second kappa shape index (κ2) is 8.25. The minimum absolute atomic E-state index is 0.334. The van der Waals surface area contributed by atoms with Gasteiger partial charge in [0.2, 0.25) is 10.0 Å². The third-order valence-corrected chi connectivity index (χ3v) is 9.54. The van der Waals surface area contributed by atoms with Crippen LogP contribution in [0.1, 0.15) is 51.9 Å². The molecular formula is C22H33ClN2O2S. The predicted octanol–water partition coefficient (Wildman–Crippen LogP) is 4.64. The summed E-state index contributed by atoms with van der Waals surface area (Å²) in [5, 5.41) is 0.479. The van der Waals surface area contributed by atoms with Crippen molar-refractivity contribution in [1.29, 1.82) is 0 Å². The Kier molecular flexibility index (Phi) is 6.08. The van der Waals surface area contributed by atoms with Crippen LogP contribution in [0.5, 0.6) is 0 Å². The molecule has 3 aliphatic rings. The van der Waals surface area contributed by atoms with E-state index in [4.69, 9.17) is 11.6 Å². The number of halogens is 1. The summed E-state index contributed by atoms with van der Waals surface area (Å²) < 4.78 is 28.5. The molecule has 156 valence electrons. The average molecular weight is 425 g/mol. The zero-order chi connectivity index (χ0) is 19.8. The van der Waals surface area contributed by atoms with Crippen molar-refractivity contribution < 1.29 is 8.42 Å². The van der Waals surface area contributed by atoms with Gasteiger partial charge in [0, 0.05) is 31.2 Å². The number of sulfonamides is 1. The molecule has 3 fully saturated rings. The molecule has 2 atom stereocenters. The SMILES string of the molecule is CCCCN1CC2CN(S(=O)(=O)c3cccc(Cl)c3)CC(C1)C21CCCCC1. The van der Waals surface area contributed by atoms with E-state index >= 15 is 0 Å². The molecule has 0 radical (unpaired) electrons. The van der Waals surface area contributed by atoms with Gasteiger partial charge in [-0.25, -0.2) is 8.42 Å². The molecule has 1 aromatic rings. The highest BCUT2D eigenvalue weighted by Gasteiger charge is 2.54. The number of unbranched alkanes of at least 4 members (excludes halogenated alkanes) is 1. The minimum Gasteiger partial charge on any atom is -0.303 e. The van der Waals surface area contributed by atoms with Crippen LogP contribution in [0, 0.1) is 17.3 Å². The van der Waals surface area contributed by atoms with Crippen LogP contribution in [0.4, 0.5) is 0 Å². The van der Waals surface area contributed by atoms with Crippen molar-refractivity contribution in [2.45, 2.75) is 56.8 Å². The molecule has 0 aromatic heterocycles. The summed E-state index contributed by atoms with van der Waals surface area (Å²) in [6.45, 7) is 6.82. The van der Waals surface area contributed by atoms with Crippen LogP contribution in [0.3, 0.4) is 0 Å². The van der Waals surface area contributed by atoms with Crippen LogP contribution in [0.25, 0.3) is 0 Å². The number of nitrogens with zero attached hydrogens (tertiary/aromatic N) is 2. The smallest absolute Gasteiger partial charge is 0.243 e. The first-order valence-electron chi connectivity index (χ1n) is 10.9. The fourth-order valence-corrected chi connectivity index (χ4v) is 7.84. The van der Waals surface area contributed by atoms with E-state index in [1.165, 1.54) is 44.9 Å². The lowest BCUT2D eigenvalue weighted by molar-refractivity contribution is -0.0929. The summed E-state index contributed by atoms with van der Waals surface area (Å²) >= 11 is 6.08. The second-order valence-electron chi connectivity index (χ2n) is 9.08. The van der Waals surface area contributed by atoms with Crippen molar-refractivity contribution in [3.05, 3.63) is 29.3 Å². The number of rotatable bonds is 5. The van der Waals surface area contributed by atoms with E-state index < -0.39 is 10.0 Å². The largest absolute Gasteiger partial charge is 0.303 e. The predicted molar refractivity (Wildman–Crippen MR) is 114 cm³/mol. The van der Waals surface area contributed by atoms with Gasteiger partial charge >= 0.3 is 0 Å². The number of piperidine rings is 2. The van der Waals surface area contributed by atoms with Crippen LogP contribution in [-0.2, 0) is 10.0 Å². The van der Waals surface area contributed by atoms with Gasteiger partial charge in [-0.05, 0) is 61.3 Å². The van der Waals surface area contributed by atoms with Crippen LogP contribution < -0.4 is 0 Å². The van der Waals surface area contributed by atoms with Crippen LogP contribution in [-0.4, -0.2) is 50.3 Å². The van der Waals surface area contributed by atoms with Crippen LogP contribution >= 0.6 is 11.6 Å². The molecule has 0 amide bonds. The molecule has 4 rings (SSSR count). The quantitative estimate of drug-likeness (QED) is 0.691. The van der Waals surface area contributed by atoms with Crippen molar-refractivity contribution in [3.8, 4) is 0 Å². The Morgan fingerprint density at radius 2 is 1.75 bits per heavy atom. The highest BCUT2D eigenvalue weighted by Crippen LogP contribution is 2.54. The highest BCUT2D eigenvalue weighted by molar-refractivity contribution is 7.89. The first-order chi connectivity index (χ1) is 13.5. The number of likely N-dealkylation sites (tertiary alicyclic amines) is 1. The standard InChI is InChI=1S/C22H33ClN2O2S/c1-2-3-12-24-14-18-16-25(28(26,27)21-9-7-8-20(23)13-21)17-19(15-24)22(18)10-5-4-6-11-22/h7-9,13,18-19H,2-6,10-12,14-17H2,1H3. The third kappa shape index (κ3) is 3.76. The third-order valence-electron chi connectivity index (χ3n) is 7.48. The molecule has 6 heteroatoms. The van der Waals surface area contributed by atoms with Crippen molar-refractivity contribution in [2.75, 3.05) is 32.7 Å². The maximum Gasteiger partial charge on any atom is 0.243 e. The van der Waals surface area contributed by atoms with Gasteiger partial charge in [-0.3, -0.25) is 0 Å². The van der Waals surface area contributed by atoms with E-state index in [0.29, 0.717) is 40.3 Å². The zero-order valence-electron chi connectivity index (χ0n) is 16.9. The van der Waals surface area contributed by atoms with Gasteiger partial charge in [0.15, 0.2) is 0 Å². The van der Waals surface area contributed by atoms with Gasteiger partial charge < -0.3 is 4.90 Å². The van der Waals surface area contributed by atoms with Crippen molar-refractivity contribution >= 4 is 21.6 Å². The van der Waals surface area contributed by atoms with E-state index in [-0.39, 0.29) is 0 Å². The molecule has 2 aliphatic heterocycles. The van der Waals surface area contributed by atoms with Crippen molar-refractivity contribution in [2.24, 2.45) is 17.3 Å². The molecule has 0 N–H and O–H groups in total. The maximum absolute atomic E-state index is 13.3. The summed E-state index contributed by atoms with van der Waals surface area (Å²) in [5.74, 6) is 0.900. The Morgan fingerprint density at radius 3 is 2.36 bits per heavy atom. The summed E-state index contributed by atoms with van der Waals surface area (Å²) in [6.07, 6.45) is 8.98. The van der Waals surface area contributed by atoms with Gasteiger partial charge in [0.1, 0.15) is 0 Å². The molecule has 4 nitrogen and oxygen atoms in total. The van der Waals surface area contributed by atoms with Gasteiger partial charge in [-0.2, -0.15) is 4.31 Å². The molecule has 2 saturated heterocycles. The summed E-state index contributed by atoms with van der Waals surface area (Å²) in [6, 6.07) is 6.73. The highest BCUT2D eigenvalue weighted by atomic mass is 35.5. The van der Waals surface area contributed by atoms with Gasteiger partial charge in [0.25, 0.3) is 0 Å². The molecule has 2 bridgehead atoms. The minimum atomic E-state index is -3.49. The molecule has 28 heavy (non-hydrogen) atoms. The van der Waals surface area contributed by atoms with Gasteiger partial charge in [0.05, 0.1) is 4.90 Å². The number of hydrogen-bond acceptors (Lipinski definition) is 3. The van der Waals surface area contributed by atoms with Crippen LogP contribution in [0.2, 0.25) is 5.02 Å². The lowest BCUT2D eigenvalue weighted by Crippen LogP contribution is -2.64. The zero-order valence-corrected chi connectivity index (χ0v) is 18.5. The Balaban J connectivity index is 1.60. The van der Waals surface area contributed by atoms with Gasteiger partial charge in [-0.1, -0.05) is 50.3 Å². The van der Waals surface area contributed by atoms with Gasteiger partial charge in [-0.15, -0.1) is 0 Å². The monoisotopic (exact) mass is 424 g/mol. The second-order valence-corrected chi connectivity index (χ2v) is 11.5. The number of hydrogen-bond donors (Lipinski definition) is 0.